The smallest absolute Gasteiger partial charge is 0.410 e. The molecule has 5 rings (SSSR count). The highest BCUT2D eigenvalue weighted by molar-refractivity contribution is 5.88. The molecule has 3 heterocycles. The molecule has 2 aromatic heterocycles. The van der Waals surface area contributed by atoms with Crippen LogP contribution in [0, 0.1) is 0 Å². The second kappa shape index (κ2) is 8.14. The van der Waals surface area contributed by atoms with E-state index in [0.29, 0.717) is 5.92 Å². The molecule has 1 fully saturated rings. The highest BCUT2D eigenvalue weighted by Gasteiger charge is 2.28. The average molecular weight is 447 g/mol. The molecule has 172 valence electrons. The van der Waals surface area contributed by atoms with E-state index in [4.69, 9.17) is 9.15 Å². The minimum absolute atomic E-state index is 0.210. The summed E-state index contributed by atoms with van der Waals surface area (Å²) in [6.45, 7) is 7.16. The SMILES string of the molecule is Cn1cc(C2CCN(C(=O)OC(C)(C)C)CC2)c2ccc(Nc3ccc4ocnc4c3)cc21. The first-order valence-electron chi connectivity index (χ1n) is 11.4. The molecular formula is C26H30N4O3. The van der Waals surface area contributed by atoms with Gasteiger partial charge in [0.15, 0.2) is 12.0 Å². The third-order valence-corrected chi connectivity index (χ3v) is 6.23. The third kappa shape index (κ3) is 4.40. The van der Waals surface area contributed by atoms with Crippen molar-refractivity contribution in [1.82, 2.24) is 14.5 Å². The van der Waals surface area contributed by atoms with Crippen molar-refractivity contribution in [3.05, 3.63) is 54.6 Å². The van der Waals surface area contributed by atoms with Crippen LogP contribution in [-0.2, 0) is 11.8 Å². The first-order chi connectivity index (χ1) is 15.8. The largest absolute Gasteiger partial charge is 0.444 e. The van der Waals surface area contributed by atoms with Gasteiger partial charge in [0.25, 0.3) is 0 Å². The number of piperidine rings is 1. The van der Waals surface area contributed by atoms with Crippen LogP contribution in [0.2, 0.25) is 0 Å². The molecule has 33 heavy (non-hydrogen) atoms. The van der Waals surface area contributed by atoms with Gasteiger partial charge in [-0.25, -0.2) is 9.78 Å². The molecule has 0 aliphatic carbocycles. The number of carbonyl (C=O) groups excluding carboxylic acids is 1. The van der Waals surface area contributed by atoms with Crippen molar-refractivity contribution < 1.29 is 13.9 Å². The number of fused-ring (bicyclic) bond motifs is 2. The van der Waals surface area contributed by atoms with Crippen molar-refractivity contribution in [2.24, 2.45) is 7.05 Å². The number of nitrogens with one attached hydrogen (secondary N) is 1. The van der Waals surface area contributed by atoms with Crippen molar-refractivity contribution in [3.8, 4) is 0 Å². The van der Waals surface area contributed by atoms with Crippen LogP contribution >= 0.6 is 0 Å². The highest BCUT2D eigenvalue weighted by atomic mass is 16.6. The lowest BCUT2D eigenvalue weighted by Gasteiger charge is -2.33. The number of aryl methyl sites for hydroxylation is 1. The Morgan fingerprint density at radius 2 is 1.85 bits per heavy atom. The van der Waals surface area contributed by atoms with Gasteiger partial charge in [0.1, 0.15) is 11.1 Å². The maximum atomic E-state index is 12.4. The fraction of sp³-hybridized carbons (Fsp3) is 0.385. The summed E-state index contributed by atoms with van der Waals surface area (Å²) in [4.78, 5) is 18.5. The maximum absolute atomic E-state index is 12.4. The molecular weight excluding hydrogens is 416 g/mol. The lowest BCUT2D eigenvalue weighted by Crippen LogP contribution is -2.41. The zero-order valence-electron chi connectivity index (χ0n) is 19.6. The number of anilines is 2. The number of hydrogen-bond donors (Lipinski definition) is 1. The predicted octanol–water partition coefficient (Wildman–Crippen LogP) is 6.18. The van der Waals surface area contributed by atoms with Gasteiger partial charge < -0.3 is 23.9 Å². The highest BCUT2D eigenvalue weighted by Crippen LogP contribution is 2.36. The number of amides is 1. The van der Waals surface area contributed by atoms with Gasteiger partial charge in [-0.05, 0) is 75.4 Å². The second-order valence-electron chi connectivity index (χ2n) is 9.83. The molecule has 0 saturated carbocycles. The molecule has 0 spiro atoms. The summed E-state index contributed by atoms with van der Waals surface area (Å²) in [6.07, 6.45) is 5.37. The Labute approximate surface area is 193 Å². The molecule has 0 radical (unpaired) electrons. The fourth-order valence-electron chi connectivity index (χ4n) is 4.62. The van der Waals surface area contributed by atoms with Crippen LogP contribution in [0.15, 0.2) is 53.4 Å². The first kappa shape index (κ1) is 21.4. The van der Waals surface area contributed by atoms with Gasteiger partial charge in [0.05, 0.1) is 5.52 Å². The van der Waals surface area contributed by atoms with E-state index in [-0.39, 0.29) is 6.09 Å². The van der Waals surface area contributed by atoms with E-state index in [9.17, 15) is 4.79 Å². The zero-order valence-corrected chi connectivity index (χ0v) is 19.6. The van der Waals surface area contributed by atoms with Crippen molar-refractivity contribution in [3.63, 3.8) is 0 Å². The molecule has 1 saturated heterocycles. The number of oxazole rings is 1. The molecule has 4 aromatic rings. The van der Waals surface area contributed by atoms with E-state index in [1.165, 1.54) is 22.9 Å². The predicted molar refractivity (Wildman–Crippen MR) is 130 cm³/mol. The number of rotatable bonds is 3. The zero-order chi connectivity index (χ0) is 23.2. The van der Waals surface area contributed by atoms with Crippen molar-refractivity contribution in [1.29, 1.82) is 0 Å². The summed E-state index contributed by atoms with van der Waals surface area (Å²) in [5.41, 5.74) is 5.69. The maximum Gasteiger partial charge on any atom is 0.410 e. The Morgan fingerprint density at radius 3 is 2.61 bits per heavy atom. The van der Waals surface area contributed by atoms with Gasteiger partial charge in [0, 0.05) is 43.1 Å². The molecule has 7 nitrogen and oxygen atoms in total. The Morgan fingerprint density at radius 1 is 1.12 bits per heavy atom. The van der Waals surface area contributed by atoms with Gasteiger partial charge in [-0.15, -0.1) is 0 Å². The molecule has 7 heteroatoms. The molecule has 0 atom stereocenters. The lowest BCUT2D eigenvalue weighted by atomic mass is 9.89. The monoisotopic (exact) mass is 446 g/mol. The van der Waals surface area contributed by atoms with Crippen molar-refractivity contribution in [2.45, 2.75) is 45.1 Å². The van der Waals surface area contributed by atoms with Crippen LogP contribution < -0.4 is 5.32 Å². The van der Waals surface area contributed by atoms with E-state index >= 15 is 0 Å². The summed E-state index contributed by atoms with van der Waals surface area (Å²) < 4.78 is 13.1. The molecule has 0 bridgehead atoms. The fourth-order valence-corrected chi connectivity index (χ4v) is 4.62. The van der Waals surface area contributed by atoms with Crippen LogP contribution in [-0.4, -0.2) is 39.2 Å². The Bertz CT molecular complexity index is 1310. The lowest BCUT2D eigenvalue weighted by molar-refractivity contribution is 0.0205. The minimum Gasteiger partial charge on any atom is -0.444 e. The normalized spacial score (nSPS) is 15.3. The number of ether oxygens (including phenoxy) is 1. The summed E-state index contributed by atoms with van der Waals surface area (Å²) in [6, 6.07) is 12.4. The third-order valence-electron chi connectivity index (χ3n) is 6.23. The Balaban J connectivity index is 1.32. The van der Waals surface area contributed by atoms with Crippen LogP contribution in [0.3, 0.4) is 0 Å². The Hall–Kier alpha value is -3.48. The van der Waals surface area contributed by atoms with Gasteiger partial charge >= 0.3 is 6.09 Å². The van der Waals surface area contributed by atoms with Crippen LogP contribution in [0.5, 0.6) is 0 Å². The van der Waals surface area contributed by atoms with Gasteiger partial charge in [-0.3, -0.25) is 0 Å². The van der Waals surface area contributed by atoms with Crippen molar-refractivity contribution >= 4 is 39.5 Å². The molecule has 1 aliphatic heterocycles. The number of benzene rings is 2. The van der Waals surface area contributed by atoms with Crippen LogP contribution in [0.4, 0.5) is 16.2 Å². The summed E-state index contributed by atoms with van der Waals surface area (Å²) in [5, 5.41) is 4.75. The molecule has 2 aromatic carbocycles. The number of likely N-dealkylation sites (tertiary alicyclic amines) is 1. The molecule has 0 unspecified atom stereocenters. The summed E-state index contributed by atoms with van der Waals surface area (Å²) in [5.74, 6) is 0.431. The van der Waals surface area contributed by atoms with E-state index in [1.54, 1.807) is 0 Å². The number of hydrogen-bond acceptors (Lipinski definition) is 5. The van der Waals surface area contributed by atoms with Crippen molar-refractivity contribution in [2.75, 3.05) is 18.4 Å². The van der Waals surface area contributed by atoms with Gasteiger partial charge in [0.2, 0.25) is 0 Å². The number of nitrogens with zero attached hydrogens (tertiary/aromatic N) is 3. The quantitative estimate of drug-likeness (QED) is 0.407. The number of carbonyl (C=O) groups is 1. The second-order valence-corrected chi connectivity index (χ2v) is 9.83. The van der Waals surface area contributed by atoms with E-state index in [0.717, 1.165) is 48.4 Å². The summed E-state index contributed by atoms with van der Waals surface area (Å²) in [7, 11) is 2.09. The summed E-state index contributed by atoms with van der Waals surface area (Å²) >= 11 is 0. The van der Waals surface area contributed by atoms with E-state index in [1.807, 2.05) is 43.9 Å². The first-order valence-corrected chi connectivity index (χ1v) is 11.4. The van der Waals surface area contributed by atoms with Crippen LogP contribution in [0.1, 0.15) is 45.1 Å². The van der Waals surface area contributed by atoms with E-state index in [2.05, 4.69) is 46.3 Å². The average Bonchev–Trinajstić information content (AvgIpc) is 3.37. The molecule has 1 aliphatic rings. The number of aromatic nitrogens is 2. The molecule has 1 N–H and O–H groups in total. The Kier molecular flexibility index (Phi) is 5.27. The topological polar surface area (TPSA) is 72.5 Å². The van der Waals surface area contributed by atoms with Gasteiger partial charge in [-0.2, -0.15) is 0 Å². The van der Waals surface area contributed by atoms with Crippen LogP contribution in [0.25, 0.3) is 22.0 Å². The molecule has 1 amide bonds. The standard InChI is InChI=1S/C26H30N4O3/c1-26(2,3)33-25(31)30-11-9-17(10-12-30)21-15-29(4)23-14-19(5-7-20(21)23)28-18-6-8-24-22(13-18)27-16-32-24/h5-8,13-17,28H,9-12H2,1-4H3. The van der Waals surface area contributed by atoms with Gasteiger partial charge in [-0.1, -0.05) is 6.07 Å². The minimum atomic E-state index is -0.462. The van der Waals surface area contributed by atoms with E-state index < -0.39 is 5.60 Å².